The molecule has 1 atom stereocenters. The van der Waals surface area contributed by atoms with E-state index in [4.69, 9.17) is 0 Å². The largest absolute Gasteiger partial charge is 0.573 e. The van der Waals surface area contributed by atoms with Crippen LogP contribution in [0.4, 0.5) is 18.9 Å². The van der Waals surface area contributed by atoms with Crippen molar-refractivity contribution in [3.05, 3.63) is 62.7 Å². The van der Waals surface area contributed by atoms with Crippen LogP contribution in [0, 0.1) is 0 Å². The zero-order valence-corrected chi connectivity index (χ0v) is 15.4. The zero-order valence-electron chi connectivity index (χ0n) is 14.6. The van der Waals surface area contributed by atoms with Gasteiger partial charge >= 0.3 is 17.5 Å². The first-order valence-corrected chi connectivity index (χ1v) is 9.69. The van der Waals surface area contributed by atoms with Crippen molar-refractivity contribution in [3.8, 4) is 5.75 Å². The molecule has 2 aromatic carbocycles. The van der Waals surface area contributed by atoms with Crippen LogP contribution in [0.2, 0.25) is 0 Å². The van der Waals surface area contributed by atoms with E-state index in [1.807, 2.05) is 0 Å². The van der Waals surface area contributed by atoms with Crippen LogP contribution in [0.15, 0.2) is 50.9 Å². The van der Waals surface area contributed by atoms with Crippen molar-refractivity contribution in [2.45, 2.75) is 30.0 Å². The van der Waals surface area contributed by atoms with Gasteiger partial charge in [0.25, 0.3) is 0 Å². The van der Waals surface area contributed by atoms with Gasteiger partial charge in [-0.2, -0.15) is 0 Å². The summed E-state index contributed by atoms with van der Waals surface area (Å²) in [6.07, 6.45) is -2.97. The van der Waals surface area contributed by atoms with Gasteiger partial charge in [-0.15, -0.1) is 13.2 Å². The number of aromatic amines is 2. The molecule has 0 aliphatic heterocycles. The standard InChI is InChI=1S/C18H14F3N3O4S/c19-18(20,21)28-11-5-3-10(4-6-11)24-29(27)15-8-14-13(7-12(15)9-1-2-9)22-16(25)17(26)23-14/h3-9,24H,1-2H2,(H,22,25)(H,23,26). The number of nitrogens with one attached hydrogen (secondary N) is 3. The average molecular weight is 425 g/mol. The molecule has 0 bridgehead atoms. The Morgan fingerprint density at radius 1 is 1.00 bits per heavy atom. The Labute approximate surface area is 163 Å². The third-order valence-corrected chi connectivity index (χ3v) is 5.54. The first-order valence-electron chi connectivity index (χ1n) is 8.54. The van der Waals surface area contributed by atoms with Gasteiger partial charge in [0.05, 0.1) is 15.9 Å². The second-order valence-corrected chi connectivity index (χ2v) is 7.74. The Morgan fingerprint density at radius 3 is 2.14 bits per heavy atom. The number of fused-ring (bicyclic) bond motifs is 1. The summed E-state index contributed by atoms with van der Waals surface area (Å²) in [4.78, 5) is 28.5. The summed E-state index contributed by atoms with van der Waals surface area (Å²) in [6, 6.07) is 8.07. The Morgan fingerprint density at radius 2 is 1.59 bits per heavy atom. The number of anilines is 1. The van der Waals surface area contributed by atoms with Gasteiger partial charge in [0.2, 0.25) is 0 Å². The SMILES string of the molecule is O=c1[nH]c2cc(C3CC3)c(S(=O)Nc3ccc(OC(F)(F)F)cc3)cc2[nH]c1=O. The van der Waals surface area contributed by atoms with Gasteiger partial charge in [0.15, 0.2) is 11.0 Å². The quantitative estimate of drug-likeness (QED) is 0.547. The molecule has 1 unspecified atom stereocenters. The van der Waals surface area contributed by atoms with Crippen molar-refractivity contribution >= 4 is 27.7 Å². The number of hydrogen-bond donors (Lipinski definition) is 3. The molecule has 0 spiro atoms. The molecule has 3 N–H and O–H groups in total. The van der Waals surface area contributed by atoms with E-state index in [0.717, 1.165) is 30.5 Å². The van der Waals surface area contributed by atoms with E-state index >= 15 is 0 Å². The molecule has 4 rings (SSSR count). The van der Waals surface area contributed by atoms with Crippen LogP contribution in [-0.2, 0) is 11.0 Å². The fraction of sp³-hybridized carbons (Fsp3) is 0.222. The predicted molar refractivity (Wildman–Crippen MR) is 100 cm³/mol. The van der Waals surface area contributed by atoms with Crippen LogP contribution >= 0.6 is 0 Å². The molecule has 11 heteroatoms. The maximum atomic E-state index is 12.9. The molecule has 0 amide bonds. The average Bonchev–Trinajstić information content (AvgIpc) is 3.47. The Balaban J connectivity index is 1.64. The molecule has 0 radical (unpaired) electrons. The molecule has 1 heterocycles. The summed E-state index contributed by atoms with van der Waals surface area (Å²) in [5.74, 6) is -0.196. The van der Waals surface area contributed by atoms with Gasteiger partial charge in [0, 0.05) is 5.69 Å². The van der Waals surface area contributed by atoms with Gasteiger partial charge in [-0.25, -0.2) is 4.21 Å². The van der Waals surface area contributed by atoms with E-state index in [-0.39, 0.29) is 11.7 Å². The fourth-order valence-corrected chi connectivity index (χ4v) is 4.05. The van der Waals surface area contributed by atoms with Crippen LogP contribution < -0.4 is 20.6 Å². The molecule has 1 aliphatic rings. The van der Waals surface area contributed by atoms with Gasteiger partial charge in [-0.05, 0) is 60.7 Å². The molecular formula is C18H14F3N3O4S. The van der Waals surface area contributed by atoms with Crippen LogP contribution in [-0.4, -0.2) is 20.5 Å². The lowest BCUT2D eigenvalue weighted by Crippen LogP contribution is -2.29. The van der Waals surface area contributed by atoms with Crippen LogP contribution in [0.3, 0.4) is 0 Å². The predicted octanol–water partition coefficient (Wildman–Crippen LogP) is 3.13. The molecule has 1 saturated carbocycles. The minimum Gasteiger partial charge on any atom is -0.406 e. The number of halogens is 3. The molecule has 1 fully saturated rings. The van der Waals surface area contributed by atoms with Gasteiger partial charge < -0.3 is 19.4 Å². The van der Waals surface area contributed by atoms with Crippen molar-refractivity contribution in [1.82, 2.24) is 9.97 Å². The lowest BCUT2D eigenvalue weighted by atomic mass is 10.1. The molecule has 1 aromatic heterocycles. The maximum Gasteiger partial charge on any atom is 0.573 e. The van der Waals surface area contributed by atoms with E-state index < -0.39 is 28.5 Å². The normalized spacial score (nSPS) is 15.3. The minimum atomic E-state index is -4.79. The second kappa shape index (κ2) is 7.07. The van der Waals surface area contributed by atoms with Crippen molar-refractivity contribution in [2.75, 3.05) is 4.72 Å². The third-order valence-electron chi connectivity index (χ3n) is 4.37. The first kappa shape index (κ1) is 19.2. The number of ether oxygens (including phenoxy) is 1. The molecule has 3 aromatic rings. The third kappa shape index (κ3) is 4.34. The Bertz CT molecular complexity index is 1210. The topological polar surface area (TPSA) is 104 Å². The molecule has 0 saturated heterocycles. The lowest BCUT2D eigenvalue weighted by Gasteiger charge is -2.13. The maximum absolute atomic E-state index is 12.9. The van der Waals surface area contributed by atoms with E-state index in [9.17, 15) is 27.0 Å². The Kier molecular flexibility index (Phi) is 4.69. The van der Waals surface area contributed by atoms with Gasteiger partial charge in [0.1, 0.15) is 5.75 Å². The van der Waals surface area contributed by atoms with Crippen LogP contribution in [0.25, 0.3) is 11.0 Å². The van der Waals surface area contributed by atoms with E-state index in [1.54, 1.807) is 6.07 Å². The zero-order chi connectivity index (χ0) is 20.8. The summed E-state index contributed by atoms with van der Waals surface area (Å²) >= 11 is 0. The van der Waals surface area contributed by atoms with E-state index in [1.165, 1.54) is 18.2 Å². The molecule has 1 aliphatic carbocycles. The minimum absolute atomic E-state index is 0.193. The summed E-state index contributed by atoms with van der Waals surface area (Å²) in [5, 5.41) is 0. The number of H-pyrrole nitrogens is 2. The van der Waals surface area contributed by atoms with Crippen molar-refractivity contribution in [1.29, 1.82) is 0 Å². The summed E-state index contributed by atoms with van der Waals surface area (Å²) in [5.41, 5.74) is 0.288. The highest BCUT2D eigenvalue weighted by molar-refractivity contribution is 7.86. The van der Waals surface area contributed by atoms with Crippen LogP contribution in [0.1, 0.15) is 24.3 Å². The molecular weight excluding hydrogens is 411 g/mol. The van der Waals surface area contributed by atoms with E-state index in [2.05, 4.69) is 19.4 Å². The van der Waals surface area contributed by atoms with Gasteiger partial charge in [-0.1, -0.05) is 0 Å². The van der Waals surface area contributed by atoms with E-state index in [0.29, 0.717) is 21.6 Å². The van der Waals surface area contributed by atoms with Crippen LogP contribution in [0.5, 0.6) is 5.75 Å². The smallest absolute Gasteiger partial charge is 0.406 e. The number of rotatable bonds is 5. The number of benzene rings is 2. The lowest BCUT2D eigenvalue weighted by molar-refractivity contribution is -0.274. The van der Waals surface area contributed by atoms with Crippen molar-refractivity contribution < 1.29 is 22.1 Å². The van der Waals surface area contributed by atoms with Gasteiger partial charge in [-0.3, -0.25) is 9.59 Å². The highest BCUT2D eigenvalue weighted by atomic mass is 32.2. The van der Waals surface area contributed by atoms with Crippen molar-refractivity contribution in [3.63, 3.8) is 0 Å². The van der Waals surface area contributed by atoms with Crippen molar-refractivity contribution in [2.24, 2.45) is 0 Å². The number of hydrogen-bond acceptors (Lipinski definition) is 4. The summed E-state index contributed by atoms with van der Waals surface area (Å²) < 4.78 is 56.2. The molecule has 7 nitrogen and oxygen atoms in total. The number of aromatic nitrogens is 2. The first-order chi connectivity index (χ1) is 13.7. The summed E-state index contributed by atoms with van der Waals surface area (Å²) in [7, 11) is -1.75. The second-order valence-electron chi connectivity index (χ2n) is 6.56. The molecule has 29 heavy (non-hydrogen) atoms. The highest BCUT2D eigenvalue weighted by Gasteiger charge is 2.31. The summed E-state index contributed by atoms with van der Waals surface area (Å²) in [6.45, 7) is 0. The number of alkyl halides is 3. The molecule has 152 valence electrons. The Hall–Kier alpha value is -3.08. The highest BCUT2D eigenvalue weighted by Crippen LogP contribution is 2.43. The monoisotopic (exact) mass is 425 g/mol. The fourth-order valence-electron chi connectivity index (χ4n) is 2.92.